The van der Waals surface area contributed by atoms with E-state index in [9.17, 15) is 4.79 Å². The number of hydrogen-bond acceptors (Lipinski definition) is 3. The quantitative estimate of drug-likeness (QED) is 0.750. The standard InChI is InChI=1S/C10H20N2O2.ClH/c1-10(3-5-11-6-4-10)8-12-9(13)7-14-2;/h11H,3-8H2,1-2H3,(H,12,13);1H. The minimum absolute atomic E-state index is 0. The van der Waals surface area contributed by atoms with Gasteiger partial charge in [-0.15, -0.1) is 12.4 Å². The molecule has 0 aliphatic carbocycles. The second-order valence-corrected chi connectivity index (χ2v) is 4.27. The van der Waals surface area contributed by atoms with Gasteiger partial charge >= 0.3 is 0 Å². The van der Waals surface area contributed by atoms with E-state index in [-0.39, 0.29) is 30.3 Å². The molecule has 1 fully saturated rings. The number of halogens is 1. The average Bonchev–Trinajstić information content (AvgIpc) is 2.17. The lowest BCUT2D eigenvalue weighted by atomic mass is 9.81. The molecule has 1 aliphatic rings. The molecular formula is C10H21ClN2O2. The number of amides is 1. The zero-order chi connectivity index (χ0) is 10.4. The molecule has 90 valence electrons. The molecule has 0 atom stereocenters. The van der Waals surface area contributed by atoms with E-state index in [2.05, 4.69) is 17.6 Å². The molecule has 0 bridgehead atoms. The SMILES string of the molecule is COCC(=O)NCC1(C)CCNCC1.Cl. The fourth-order valence-electron chi connectivity index (χ4n) is 1.70. The molecule has 0 aromatic carbocycles. The van der Waals surface area contributed by atoms with E-state index < -0.39 is 0 Å². The summed E-state index contributed by atoms with van der Waals surface area (Å²) in [6.07, 6.45) is 2.25. The van der Waals surface area contributed by atoms with E-state index in [0.717, 1.165) is 32.5 Å². The van der Waals surface area contributed by atoms with Gasteiger partial charge in [0, 0.05) is 13.7 Å². The number of piperidine rings is 1. The maximum Gasteiger partial charge on any atom is 0.246 e. The third-order valence-corrected chi connectivity index (χ3v) is 2.80. The predicted octanol–water partition coefficient (Wildman–Crippen LogP) is 0.560. The molecule has 0 aromatic rings. The molecule has 0 unspecified atom stereocenters. The van der Waals surface area contributed by atoms with E-state index in [4.69, 9.17) is 4.74 Å². The Morgan fingerprint density at radius 3 is 2.60 bits per heavy atom. The van der Waals surface area contributed by atoms with Gasteiger partial charge in [-0.3, -0.25) is 4.79 Å². The number of ether oxygens (including phenoxy) is 1. The van der Waals surface area contributed by atoms with Crippen LogP contribution in [-0.4, -0.2) is 39.3 Å². The van der Waals surface area contributed by atoms with Gasteiger partial charge in [0.25, 0.3) is 0 Å². The van der Waals surface area contributed by atoms with Crippen molar-refractivity contribution in [3.63, 3.8) is 0 Å². The Morgan fingerprint density at radius 2 is 2.07 bits per heavy atom. The Balaban J connectivity index is 0.00000196. The van der Waals surface area contributed by atoms with Crippen LogP contribution in [0.4, 0.5) is 0 Å². The molecule has 15 heavy (non-hydrogen) atoms. The Hall–Kier alpha value is -0.320. The highest BCUT2D eigenvalue weighted by atomic mass is 35.5. The van der Waals surface area contributed by atoms with Gasteiger partial charge in [-0.25, -0.2) is 0 Å². The van der Waals surface area contributed by atoms with Crippen LogP contribution in [0.5, 0.6) is 0 Å². The summed E-state index contributed by atoms with van der Waals surface area (Å²) in [5.74, 6) is -0.0211. The van der Waals surface area contributed by atoms with Crippen LogP contribution in [0.1, 0.15) is 19.8 Å². The van der Waals surface area contributed by atoms with Gasteiger partial charge in [0.05, 0.1) is 0 Å². The summed E-state index contributed by atoms with van der Waals surface area (Å²) >= 11 is 0. The largest absolute Gasteiger partial charge is 0.375 e. The molecule has 0 saturated carbocycles. The van der Waals surface area contributed by atoms with Crippen molar-refractivity contribution >= 4 is 18.3 Å². The fourth-order valence-corrected chi connectivity index (χ4v) is 1.70. The van der Waals surface area contributed by atoms with E-state index in [1.165, 1.54) is 7.11 Å². The zero-order valence-electron chi connectivity index (χ0n) is 9.47. The van der Waals surface area contributed by atoms with Gasteiger partial charge in [-0.2, -0.15) is 0 Å². The minimum Gasteiger partial charge on any atom is -0.375 e. The van der Waals surface area contributed by atoms with Crippen LogP contribution in [0.15, 0.2) is 0 Å². The van der Waals surface area contributed by atoms with E-state index in [1.54, 1.807) is 0 Å². The van der Waals surface area contributed by atoms with Gasteiger partial charge in [0.15, 0.2) is 0 Å². The van der Waals surface area contributed by atoms with Crippen molar-refractivity contribution in [3.8, 4) is 0 Å². The second kappa shape index (κ2) is 7.04. The summed E-state index contributed by atoms with van der Waals surface area (Å²) in [7, 11) is 1.53. The maximum absolute atomic E-state index is 11.2. The van der Waals surface area contributed by atoms with Crippen molar-refractivity contribution in [3.05, 3.63) is 0 Å². The van der Waals surface area contributed by atoms with Gasteiger partial charge < -0.3 is 15.4 Å². The highest BCUT2D eigenvalue weighted by Gasteiger charge is 2.26. The number of carbonyl (C=O) groups is 1. The lowest BCUT2D eigenvalue weighted by Crippen LogP contribution is -2.43. The van der Waals surface area contributed by atoms with Crippen molar-refractivity contribution in [2.45, 2.75) is 19.8 Å². The Bertz CT molecular complexity index is 194. The Morgan fingerprint density at radius 1 is 1.47 bits per heavy atom. The molecule has 2 N–H and O–H groups in total. The first kappa shape index (κ1) is 14.7. The van der Waals surface area contributed by atoms with Crippen LogP contribution in [0.2, 0.25) is 0 Å². The summed E-state index contributed by atoms with van der Waals surface area (Å²) < 4.78 is 4.75. The van der Waals surface area contributed by atoms with Crippen LogP contribution in [-0.2, 0) is 9.53 Å². The van der Waals surface area contributed by atoms with Crippen molar-refractivity contribution in [1.29, 1.82) is 0 Å². The number of hydrogen-bond donors (Lipinski definition) is 2. The first-order valence-corrected chi connectivity index (χ1v) is 5.13. The maximum atomic E-state index is 11.2. The number of carbonyl (C=O) groups excluding carboxylic acids is 1. The molecule has 0 radical (unpaired) electrons. The molecule has 5 heteroatoms. The molecule has 0 aromatic heterocycles. The topological polar surface area (TPSA) is 50.4 Å². The van der Waals surface area contributed by atoms with Crippen LogP contribution >= 0.6 is 12.4 Å². The number of nitrogens with one attached hydrogen (secondary N) is 2. The summed E-state index contributed by atoms with van der Waals surface area (Å²) in [5.41, 5.74) is 0.259. The Labute approximate surface area is 97.5 Å². The van der Waals surface area contributed by atoms with E-state index in [0.29, 0.717) is 0 Å². The summed E-state index contributed by atoms with van der Waals surface area (Å²) in [6, 6.07) is 0. The predicted molar refractivity (Wildman–Crippen MR) is 62.3 cm³/mol. The number of methoxy groups -OCH3 is 1. The van der Waals surface area contributed by atoms with Crippen molar-refractivity contribution in [2.24, 2.45) is 5.41 Å². The molecule has 1 amide bonds. The Kier molecular flexibility index (Phi) is 6.89. The van der Waals surface area contributed by atoms with Crippen LogP contribution in [0, 0.1) is 5.41 Å². The molecular weight excluding hydrogens is 216 g/mol. The fraction of sp³-hybridized carbons (Fsp3) is 0.900. The third-order valence-electron chi connectivity index (χ3n) is 2.80. The van der Waals surface area contributed by atoms with Gasteiger partial charge in [0.1, 0.15) is 6.61 Å². The van der Waals surface area contributed by atoms with Crippen molar-refractivity contribution in [1.82, 2.24) is 10.6 Å². The summed E-state index contributed by atoms with van der Waals surface area (Å²) in [5, 5.41) is 6.22. The number of rotatable bonds is 4. The molecule has 1 aliphatic heterocycles. The van der Waals surface area contributed by atoms with E-state index >= 15 is 0 Å². The lowest BCUT2D eigenvalue weighted by Gasteiger charge is -2.34. The highest BCUT2D eigenvalue weighted by molar-refractivity contribution is 5.85. The van der Waals surface area contributed by atoms with Crippen LogP contribution in [0.3, 0.4) is 0 Å². The normalized spacial score (nSPS) is 19.1. The second-order valence-electron chi connectivity index (χ2n) is 4.27. The smallest absolute Gasteiger partial charge is 0.246 e. The lowest BCUT2D eigenvalue weighted by molar-refractivity contribution is -0.125. The third kappa shape index (κ3) is 5.35. The van der Waals surface area contributed by atoms with E-state index in [1.807, 2.05) is 0 Å². The van der Waals surface area contributed by atoms with Crippen LogP contribution < -0.4 is 10.6 Å². The monoisotopic (exact) mass is 236 g/mol. The molecule has 1 heterocycles. The van der Waals surface area contributed by atoms with Gasteiger partial charge in [0.2, 0.25) is 5.91 Å². The molecule has 0 spiro atoms. The van der Waals surface area contributed by atoms with Crippen molar-refractivity contribution in [2.75, 3.05) is 33.4 Å². The molecule has 1 saturated heterocycles. The minimum atomic E-state index is -0.0211. The van der Waals surface area contributed by atoms with Crippen molar-refractivity contribution < 1.29 is 9.53 Å². The zero-order valence-corrected chi connectivity index (χ0v) is 10.3. The van der Waals surface area contributed by atoms with Gasteiger partial charge in [-0.1, -0.05) is 6.92 Å². The summed E-state index contributed by atoms with van der Waals surface area (Å²) in [6.45, 7) is 5.25. The van der Waals surface area contributed by atoms with Crippen LogP contribution in [0.25, 0.3) is 0 Å². The first-order valence-electron chi connectivity index (χ1n) is 5.13. The average molecular weight is 237 g/mol. The highest BCUT2D eigenvalue weighted by Crippen LogP contribution is 2.26. The van der Waals surface area contributed by atoms with Gasteiger partial charge in [-0.05, 0) is 31.3 Å². The molecule has 1 rings (SSSR count). The summed E-state index contributed by atoms with van der Waals surface area (Å²) in [4.78, 5) is 11.2. The first-order chi connectivity index (χ1) is 6.66. The molecule has 4 nitrogen and oxygen atoms in total.